The predicted octanol–water partition coefficient (Wildman–Crippen LogP) is -0.766. The van der Waals surface area contributed by atoms with Crippen LogP contribution in [-0.4, -0.2) is 52.6 Å². The summed E-state index contributed by atoms with van der Waals surface area (Å²) in [6.07, 6.45) is 2.27. The van der Waals surface area contributed by atoms with Crippen molar-refractivity contribution in [2.75, 3.05) is 25.4 Å². The Morgan fingerprint density at radius 2 is 2.10 bits per heavy atom. The van der Waals surface area contributed by atoms with Crippen LogP contribution in [0.4, 0.5) is 5.69 Å². The van der Waals surface area contributed by atoms with Gasteiger partial charge in [-0.1, -0.05) is 6.92 Å². The molecule has 2 rings (SSSR count). The molecule has 1 aliphatic rings. The maximum atomic E-state index is 12.2. The standard InChI is InChI=1S/C13H22N6O2/c1-2-9-11(15)12(18-17-9)13(21)16-8-3-5-19(6-4-8)7-10(14)20/h8H,2-7,15H2,1H3,(H2,14,20)(H,16,21)(H,17,18). The zero-order valence-electron chi connectivity index (χ0n) is 12.2. The number of carbonyl (C=O) groups excluding carboxylic acids is 2. The first-order valence-electron chi connectivity index (χ1n) is 7.15. The number of nitrogens with two attached hydrogens (primary N) is 2. The molecule has 1 fully saturated rings. The molecule has 0 atom stereocenters. The summed E-state index contributed by atoms with van der Waals surface area (Å²) in [7, 11) is 0. The molecule has 21 heavy (non-hydrogen) atoms. The number of nitrogens with one attached hydrogen (secondary N) is 2. The second-order valence-electron chi connectivity index (χ2n) is 5.31. The lowest BCUT2D eigenvalue weighted by Crippen LogP contribution is -2.46. The zero-order chi connectivity index (χ0) is 15.4. The number of amides is 2. The Labute approximate surface area is 123 Å². The van der Waals surface area contributed by atoms with Gasteiger partial charge in [0.1, 0.15) is 0 Å². The summed E-state index contributed by atoms with van der Waals surface area (Å²) in [5.41, 5.74) is 12.5. The van der Waals surface area contributed by atoms with Crippen LogP contribution in [0.2, 0.25) is 0 Å². The lowest BCUT2D eigenvalue weighted by molar-refractivity contribution is -0.119. The second kappa shape index (κ2) is 6.57. The number of aromatic nitrogens is 2. The Morgan fingerprint density at radius 1 is 1.43 bits per heavy atom. The van der Waals surface area contributed by atoms with Crippen LogP contribution in [0.5, 0.6) is 0 Å². The summed E-state index contributed by atoms with van der Waals surface area (Å²) < 4.78 is 0. The first-order valence-corrected chi connectivity index (χ1v) is 7.15. The lowest BCUT2D eigenvalue weighted by Gasteiger charge is -2.31. The van der Waals surface area contributed by atoms with Crippen molar-refractivity contribution in [2.45, 2.75) is 32.2 Å². The number of nitrogen functional groups attached to an aromatic ring is 1. The number of hydrogen-bond donors (Lipinski definition) is 4. The number of aryl methyl sites for hydroxylation is 1. The van der Waals surface area contributed by atoms with E-state index in [0.29, 0.717) is 12.1 Å². The fourth-order valence-corrected chi connectivity index (χ4v) is 2.54. The third-order valence-corrected chi connectivity index (χ3v) is 3.75. The minimum atomic E-state index is -0.325. The lowest BCUT2D eigenvalue weighted by atomic mass is 10.0. The summed E-state index contributed by atoms with van der Waals surface area (Å²) in [4.78, 5) is 25.0. The van der Waals surface area contributed by atoms with E-state index < -0.39 is 0 Å². The van der Waals surface area contributed by atoms with Crippen LogP contribution < -0.4 is 16.8 Å². The molecule has 0 spiro atoms. The van der Waals surface area contributed by atoms with E-state index in [9.17, 15) is 9.59 Å². The molecule has 1 aromatic heterocycles. The number of aromatic amines is 1. The molecule has 1 aromatic rings. The van der Waals surface area contributed by atoms with Crippen LogP contribution in [0, 0.1) is 0 Å². The van der Waals surface area contributed by atoms with E-state index in [1.165, 1.54) is 0 Å². The minimum Gasteiger partial charge on any atom is -0.395 e. The van der Waals surface area contributed by atoms with E-state index in [1.54, 1.807) is 0 Å². The number of primary amides is 1. The van der Waals surface area contributed by atoms with Gasteiger partial charge < -0.3 is 16.8 Å². The smallest absolute Gasteiger partial charge is 0.274 e. The maximum Gasteiger partial charge on any atom is 0.274 e. The van der Waals surface area contributed by atoms with Crippen molar-refractivity contribution in [3.05, 3.63) is 11.4 Å². The largest absolute Gasteiger partial charge is 0.395 e. The molecule has 2 amide bonds. The highest BCUT2D eigenvalue weighted by molar-refractivity contribution is 5.97. The maximum absolute atomic E-state index is 12.2. The number of nitrogens with zero attached hydrogens (tertiary/aromatic N) is 2. The molecule has 0 saturated carbocycles. The average molecular weight is 294 g/mol. The van der Waals surface area contributed by atoms with Gasteiger partial charge >= 0.3 is 0 Å². The van der Waals surface area contributed by atoms with Crippen LogP contribution >= 0.6 is 0 Å². The van der Waals surface area contributed by atoms with Crippen molar-refractivity contribution in [2.24, 2.45) is 5.73 Å². The van der Waals surface area contributed by atoms with Crippen molar-refractivity contribution in [3.8, 4) is 0 Å². The molecule has 0 aromatic carbocycles. The molecule has 8 nitrogen and oxygen atoms in total. The van der Waals surface area contributed by atoms with Gasteiger partial charge in [-0.15, -0.1) is 0 Å². The molecular formula is C13H22N6O2. The molecule has 0 unspecified atom stereocenters. The summed E-state index contributed by atoms with van der Waals surface area (Å²) in [6.45, 7) is 3.70. The number of likely N-dealkylation sites (tertiary alicyclic amines) is 1. The second-order valence-corrected chi connectivity index (χ2v) is 5.31. The predicted molar refractivity (Wildman–Crippen MR) is 78.5 cm³/mol. The van der Waals surface area contributed by atoms with Gasteiger partial charge in [0.25, 0.3) is 5.91 Å². The zero-order valence-corrected chi connectivity index (χ0v) is 12.2. The summed E-state index contributed by atoms with van der Waals surface area (Å²) >= 11 is 0. The Hall–Kier alpha value is -2.09. The van der Waals surface area contributed by atoms with Crippen molar-refractivity contribution in [1.29, 1.82) is 0 Å². The highest BCUT2D eigenvalue weighted by atomic mass is 16.2. The van der Waals surface area contributed by atoms with E-state index in [-0.39, 0.29) is 30.1 Å². The SMILES string of the molecule is CCc1[nH]nc(C(=O)NC2CCN(CC(N)=O)CC2)c1N. The molecule has 0 aliphatic carbocycles. The molecule has 1 aliphatic heterocycles. The molecule has 1 saturated heterocycles. The van der Waals surface area contributed by atoms with Gasteiger partial charge in [-0.3, -0.25) is 19.6 Å². The third kappa shape index (κ3) is 3.72. The topological polar surface area (TPSA) is 130 Å². The van der Waals surface area contributed by atoms with Crippen LogP contribution in [0.15, 0.2) is 0 Å². The first-order chi connectivity index (χ1) is 10.0. The summed E-state index contributed by atoms with van der Waals surface area (Å²) in [5.74, 6) is -0.578. The molecule has 116 valence electrons. The van der Waals surface area contributed by atoms with E-state index >= 15 is 0 Å². The third-order valence-electron chi connectivity index (χ3n) is 3.75. The van der Waals surface area contributed by atoms with Crippen molar-refractivity contribution in [3.63, 3.8) is 0 Å². The van der Waals surface area contributed by atoms with Crippen LogP contribution in [0.3, 0.4) is 0 Å². The van der Waals surface area contributed by atoms with Crippen LogP contribution in [0.1, 0.15) is 35.9 Å². The normalized spacial score (nSPS) is 16.8. The molecule has 6 N–H and O–H groups in total. The molecular weight excluding hydrogens is 272 g/mol. The highest BCUT2D eigenvalue weighted by Gasteiger charge is 2.24. The summed E-state index contributed by atoms with van der Waals surface area (Å²) in [6, 6.07) is 0.0720. The van der Waals surface area contributed by atoms with E-state index in [4.69, 9.17) is 11.5 Å². The fourth-order valence-electron chi connectivity index (χ4n) is 2.54. The quantitative estimate of drug-likeness (QED) is 0.566. The molecule has 0 bridgehead atoms. The van der Waals surface area contributed by atoms with Gasteiger partial charge in [0.15, 0.2) is 5.69 Å². The Balaban J connectivity index is 1.87. The average Bonchev–Trinajstić information content (AvgIpc) is 2.81. The molecule has 2 heterocycles. The first kappa shape index (κ1) is 15.3. The number of carbonyl (C=O) groups is 2. The Morgan fingerprint density at radius 3 is 2.62 bits per heavy atom. The van der Waals surface area contributed by atoms with Crippen molar-refractivity contribution in [1.82, 2.24) is 20.4 Å². The minimum absolute atomic E-state index is 0.0720. The molecule has 8 heteroatoms. The fraction of sp³-hybridized carbons (Fsp3) is 0.615. The highest BCUT2D eigenvalue weighted by Crippen LogP contribution is 2.16. The van der Waals surface area contributed by atoms with E-state index in [1.807, 2.05) is 11.8 Å². The van der Waals surface area contributed by atoms with Gasteiger partial charge in [-0.05, 0) is 19.3 Å². The number of rotatable bonds is 5. The molecule has 0 radical (unpaired) electrons. The number of piperidine rings is 1. The number of H-pyrrole nitrogens is 1. The van der Waals surface area contributed by atoms with Crippen LogP contribution in [-0.2, 0) is 11.2 Å². The van der Waals surface area contributed by atoms with Crippen molar-refractivity contribution < 1.29 is 9.59 Å². The van der Waals surface area contributed by atoms with E-state index in [2.05, 4.69) is 15.5 Å². The van der Waals surface area contributed by atoms with Gasteiger partial charge in [0, 0.05) is 19.1 Å². The number of hydrogen-bond acceptors (Lipinski definition) is 5. The Bertz CT molecular complexity index is 519. The van der Waals surface area contributed by atoms with Gasteiger partial charge in [-0.25, -0.2) is 0 Å². The monoisotopic (exact) mass is 294 g/mol. The van der Waals surface area contributed by atoms with Gasteiger partial charge in [0.05, 0.1) is 17.9 Å². The van der Waals surface area contributed by atoms with Gasteiger partial charge in [0.2, 0.25) is 5.91 Å². The van der Waals surface area contributed by atoms with Gasteiger partial charge in [-0.2, -0.15) is 5.10 Å². The van der Waals surface area contributed by atoms with Crippen LogP contribution in [0.25, 0.3) is 0 Å². The van der Waals surface area contributed by atoms with E-state index in [0.717, 1.165) is 31.6 Å². The number of anilines is 1. The van der Waals surface area contributed by atoms with Crippen molar-refractivity contribution >= 4 is 17.5 Å². The summed E-state index contributed by atoms with van der Waals surface area (Å²) in [5, 5.41) is 9.69. The Kier molecular flexibility index (Phi) is 4.79.